The first kappa shape index (κ1) is 32.5. The number of nitrogens with one attached hydrogen (secondary N) is 1. The molecule has 0 radical (unpaired) electrons. The molecule has 7 heteroatoms. The van der Waals surface area contributed by atoms with Crippen LogP contribution >= 0.6 is 11.3 Å². The van der Waals surface area contributed by atoms with E-state index in [1.54, 1.807) is 24.5 Å². The Bertz CT molecular complexity index is 1150. The maximum absolute atomic E-state index is 12.6. The number of nitrogens with zero attached hydrogens (tertiary/aromatic N) is 1. The molecule has 0 aliphatic carbocycles. The Hall–Kier alpha value is -3.06. The summed E-state index contributed by atoms with van der Waals surface area (Å²) < 4.78 is 19.4. The lowest BCUT2D eigenvalue weighted by Gasteiger charge is -2.14. The lowest BCUT2D eigenvalue weighted by Crippen LogP contribution is -2.30. The summed E-state index contributed by atoms with van der Waals surface area (Å²) in [7, 11) is 1.63. The number of aromatic nitrogens is 1. The maximum Gasteiger partial charge on any atom is 0.262 e. The van der Waals surface area contributed by atoms with Crippen LogP contribution in [0.3, 0.4) is 0 Å². The normalized spacial score (nSPS) is 10.9. The van der Waals surface area contributed by atoms with Gasteiger partial charge in [0, 0.05) is 17.3 Å². The number of ether oxygens (including phenoxy) is 3. The van der Waals surface area contributed by atoms with E-state index in [0.29, 0.717) is 23.9 Å². The minimum absolute atomic E-state index is 0.104. The molecule has 0 fully saturated rings. The van der Waals surface area contributed by atoms with Crippen LogP contribution in [0.2, 0.25) is 0 Å². The van der Waals surface area contributed by atoms with Crippen molar-refractivity contribution in [3.05, 3.63) is 64.6 Å². The summed E-state index contributed by atoms with van der Waals surface area (Å²) >= 11 is 1.73. The fourth-order valence-electron chi connectivity index (χ4n) is 4.75. The number of thiazole rings is 1. The van der Waals surface area contributed by atoms with Crippen molar-refractivity contribution in [2.24, 2.45) is 0 Å². The van der Waals surface area contributed by atoms with E-state index in [-0.39, 0.29) is 12.5 Å². The molecule has 0 aliphatic heterocycles. The van der Waals surface area contributed by atoms with Crippen LogP contribution in [0.15, 0.2) is 54.2 Å². The molecule has 1 heterocycles. The lowest BCUT2D eigenvalue weighted by molar-refractivity contribution is -0.683. The van der Waals surface area contributed by atoms with Crippen LogP contribution in [0.4, 0.5) is 5.69 Å². The van der Waals surface area contributed by atoms with Gasteiger partial charge in [0.25, 0.3) is 5.91 Å². The van der Waals surface area contributed by atoms with Gasteiger partial charge < -0.3 is 19.5 Å². The highest BCUT2D eigenvalue weighted by molar-refractivity contribution is 7.09. The van der Waals surface area contributed by atoms with E-state index >= 15 is 0 Å². The third kappa shape index (κ3) is 13.0. The molecule has 1 aromatic heterocycles. The summed E-state index contributed by atoms with van der Waals surface area (Å²) in [5, 5.41) is 2.91. The van der Waals surface area contributed by atoms with Crippen LogP contribution in [-0.4, -0.2) is 26.2 Å². The van der Waals surface area contributed by atoms with Crippen LogP contribution in [-0.2, 0) is 11.3 Å². The monoisotopic (exact) mass is 581 g/mol. The van der Waals surface area contributed by atoms with E-state index in [1.165, 1.54) is 74.6 Å². The van der Waals surface area contributed by atoms with Gasteiger partial charge in [-0.25, -0.2) is 0 Å². The highest BCUT2D eigenvalue weighted by atomic mass is 32.1. The molecule has 0 aliphatic rings. The summed E-state index contributed by atoms with van der Waals surface area (Å²) in [5.74, 6) is 1.62. The third-order valence-electron chi connectivity index (χ3n) is 7.09. The number of hydrogen-bond donors (Lipinski definition) is 1. The molecule has 0 bridgehead atoms. The minimum atomic E-state index is -0.219. The molecule has 6 nitrogen and oxygen atoms in total. The molecule has 0 spiro atoms. The lowest BCUT2D eigenvalue weighted by atomic mass is 10.1. The van der Waals surface area contributed by atoms with Crippen molar-refractivity contribution in [1.82, 2.24) is 0 Å². The van der Waals surface area contributed by atoms with Crippen molar-refractivity contribution in [3.8, 4) is 17.2 Å². The molecule has 0 saturated heterocycles. The molecule has 1 amide bonds. The average Bonchev–Trinajstić information content (AvgIpc) is 3.39. The number of anilines is 1. The van der Waals surface area contributed by atoms with Gasteiger partial charge in [-0.2, -0.15) is 4.57 Å². The van der Waals surface area contributed by atoms with Crippen molar-refractivity contribution in [3.63, 3.8) is 0 Å². The Kier molecular flexibility index (Phi) is 15.1. The summed E-state index contributed by atoms with van der Waals surface area (Å²) in [6.07, 6.45) is 17.8. The third-order valence-corrected chi connectivity index (χ3v) is 7.94. The summed E-state index contributed by atoms with van der Waals surface area (Å²) in [6.45, 7) is 5.68. The molecule has 2 aromatic carbocycles. The van der Waals surface area contributed by atoms with Gasteiger partial charge in [0.05, 0.1) is 18.6 Å². The van der Waals surface area contributed by atoms with Gasteiger partial charge in [0.15, 0.2) is 30.8 Å². The molecule has 1 N–H and O–H groups in total. The van der Waals surface area contributed by atoms with Gasteiger partial charge in [-0.3, -0.25) is 4.79 Å². The standard InChI is InChI=1S/C34H48N2O4S/c1-4-5-6-7-8-9-10-11-12-13-14-15-22-39-33-23-31(38-3)20-21-32(33)40-26-34(37)35-30-18-16-29(17-19-30)25-36-24-28(2)41-27-36/h16-21,23-24,27H,4-15,22,25-26H2,1-3H3/p+1. The fourth-order valence-corrected chi connectivity index (χ4v) is 5.38. The summed E-state index contributed by atoms with van der Waals surface area (Å²) in [5.41, 5.74) is 4.03. The summed E-state index contributed by atoms with van der Waals surface area (Å²) in [6, 6.07) is 13.3. The Morgan fingerprint density at radius 1 is 0.829 bits per heavy atom. The molecule has 3 rings (SSSR count). The molecule has 41 heavy (non-hydrogen) atoms. The number of rotatable bonds is 21. The van der Waals surface area contributed by atoms with Gasteiger partial charge in [0.2, 0.25) is 5.51 Å². The number of hydrogen-bond acceptors (Lipinski definition) is 5. The molecule has 0 saturated carbocycles. The van der Waals surface area contributed by atoms with Gasteiger partial charge in [-0.1, -0.05) is 101 Å². The quantitative estimate of drug-likeness (QED) is 0.101. The van der Waals surface area contributed by atoms with Crippen LogP contribution in [0.25, 0.3) is 0 Å². The number of methoxy groups -OCH3 is 1. The highest BCUT2D eigenvalue weighted by Crippen LogP contribution is 2.32. The maximum atomic E-state index is 12.6. The first-order chi connectivity index (χ1) is 20.1. The SMILES string of the molecule is CCCCCCCCCCCCCCOc1cc(OC)ccc1OCC(=O)Nc1ccc(C[n+]2csc(C)c2)cc1. The van der Waals surface area contributed by atoms with E-state index in [2.05, 4.69) is 35.4 Å². The number of carbonyl (C=O) groups excluding carboxylic acids is 1. The number of benzene rings is 2. The predicted octanol–water partition coefficient (Wildman–Crippen LogP) is 8.50. The molecule has 0 atom stereocenters. The van der Waals surface area contributed by atoms with Crippen molar-refractivity contribution < 1.29 is 23.6 Å². The number of amides is 1. The highest BCUT2D eigenvalue weighted by Gasteiger charge is 2.11. The zero-order valence-electron chi connectivity index (χ0n) is 25.3. The van der Waals surface area contributed by atoms with Crippen molar-refractivity contribution in [1.29, 1.82) is 0 Å². The van der Waals surface area contributed by atoms with Crippen molar-refractivity contribution >= 4 is 22.9 Å². The first-order valence-corrected chi connectivity index (χ1v) is 16.2. The average molecular weight is 582 g/mol. The molecule has 224 valence electrons. The molecule has 3 aromatic rings. The van der Waals surface area contributed by atoms with Crippen LogP contribution in [0.1, 0.15) is 94.4 Å². The van der Waals surface area contributed by atoms with Gasteiger partial charge in [-0.15, -0.1) is 0 Å². The first-order valence-electron chi connectivity index (χ1n) is 15.3. The zero-order chi connectivity index (χ0) is 29.1. The van der Waals surface area contributed by atoms with Gasteiger partial charge >= 0.3 is 0 Å². The van der Waals surface area contributed by atoms with Crippen molar-refractivity contribution in [2.45, 2.75) is 97.4 Å². The largest absolute Gasteiger partial charge is 0.497 e. The minimum Gasteiger partial charge on any atom is -0.497 e. The Balaban J connectivity index is 1.34. The van der Waals surface area contributed by atoms with Gasteiger partial charge in [-0.05, 0) is 37.6 Å². The molecular weight excluding hydrogens is 532 g/mol. The molecule has 0 unspecified atom stereocenters. The second-order valence-corrected chi connectivity index (χ2v) is 11.8. The topological polar surface area (TPSA) is 60.7 Å². The van der Waals surface area contributed by atoms with Crippen LogP contribution in [0.5, 0.6) is 17.2 Å². The van der Waals surface area contributed by atoms with Gasteiger partial charge in [0.1, 0.15) is 5.75 Å². The predicted molar refractivity (Wildman–Crippen MR) is 168 cm³/mol. The number of carbonyl (C=O) groups is 1. The van der Waals surface area contributed by atoms with E-state index < -0.39 is 0 Å². The van der Waals surface area contributed by atoms with Crippen LogP contribution in [0, 0.1) is 6.92 Å². The van der Waals surface area contributed by atoms with E-state index in [4.69, 9.17) is 14.2 Å². The number of unbranched alkanes of at least 4 members (excludes halogenated alkanes) is 11. The zero-order valence-corrected chi connectivity index (χ0v) is 26.1. The van der Waals surface area contributed by atoms with Crippen LogP contribution < -0.4 is 24.1 Å². The summed E-state index contributed by atoms with van der Waals surface area (Å²) in [4.78, 5) is 13.9. The molecular formula is C34H49N2O4S+. The van der Waals surface area contributed by atoms with E-state index in [1.807, 2.05) is 36.4 Å². The smallest absolute Gasteiger partial charge is 0.262 e. The Morgan fingerprint density at radius 3 is 2.10 bits per heavy atom. The second-order valence-electron chi connectivity index (χ2n) is 10.7. The number of aryl methyl sites for hydroxylation is 1. The van der Waals surface area contributed by atoms with E-state index in [9.17, 15) is 4.79 Å². The fraction of sp³-hybridized carbons (Fsp3) is 0.529. The second kappa shape index (κ2) is 19.1. The Morgan fingerprint density at radius 2 is 1.49 bits per heavy atom. The Labute approximate surface area is 251 Å². The van der Waals surface area contributed by atoms with Crippen molar-refractivity contribution in [2.75, 3.05) is 25.6 Å². The van der Waals surface area contributed by atoms with E-state index in [0.717, 1.165) is 25.1 Å².